The van der Waals surface area contributed by atoms with Gasteiger partial charge in [0, 0.05) is 13.2 Å². The summed E-state index contributed by atoms with van der Waals surface area (Å²) in [4.78, 5) is 4.10. The predicted octanol–water partition coefficient (Wildman–Crippen LogP) is 1.02. The van der Waals surface area contributed by atoms with Crippen LogP contribution in [0.25, 0.3) is 0 Å². The molecule has 0 amide bonds. The van der Waals surface area contributed by atoms with E-state index < -0.39 is 0 Å². The number of nitrogens with two attached hydrogens (primary N) is 1. The molecule has 0 aliphatic heterocycles. The largest absolute Gasteiger partial charge is 0.396 e. The second-order valence-electron chi connectivity index (χ2n) is 3.72. The molecule has 0 aromatic heterocycles. The Labute approximate surface area is 92.3 Å². The van der Waals surface area contributed by atoms with Crippen molar-refractivity contribution < 1.29 is 5.11 Å². The first-order valence-electron chi connectivity index (χ1n) is 5.46. The van der Waals surface area contributed by atoms with Crippen molar-refractivity contribution >= 4 is 5.96 Å². The summed E-state index contributed by atoms with van der Waals surface area (Å²) in [7, 11) is 0. The van der Waals surface area contributed by atoms with Crippen LogP contribution in [-0.4, -0.2) is 30.8 Å². The van der Waals surface area contributed by atoms with Crippen molar-refractivity contribution in [1.82, 2.24) is 5.32 Å². The molecule has 0 aliphatic carbocycles. The normalized spacial score (nSPS) is 11.5. The van der Waals surface area contributed by atoms with Gasteiger partial charge in [0.05, 0.1) is 6.54 Å². The molecule has 88 valence electrons. The lowest BCUT2D eigenvalue weighted by molar-refractivity contribution is 0.282. The first kappa shape index (κ1) is 14.0. The summed E-state index contributed by atoms with van der Waals surface area (Å²) in [6, 6.07) is 0. The lowest BCUT2D eigenvalue weighted by Gasteiger charge is -2.05. The van der Waals surface area contributed by atoms with Gasteiger partial charge in [-0.1, -0.05) is 25.0 Å². The maximum atomic E-state index is 8.57. The zero-order valence-corrected chi connectivity index (χ0v) is 9.63. The van der Waals surface area contributed by atoms with Crippen molar-refractivity contribution in [3.63, 3.8) is 0 Å². The number of aliphatic hydroxyl groups excluding tert-OH is 1. The van der Waals surface area contributed by atoms with Crippen LogP contribution in [-0.2, 0) is 0 Å². The predicted molar refractivity (Wildman–Crippen MR) is 64.9 cm³/mol. The van der Waals surface area contributed by atoms with Crippen LogP contribution in [0.2, 0.25) is 0 Å². The van der Waals surface area contributed by atoms with E-state index in [2.05, 4.69) is 16.9 Å². The van der Waals surface area contributed by atoms with E-state index in [1.165, 1.54) is 0 Å². The Morgan fingerprint density at radius 2 is 2.00 bits per heavy atom. The third kappa shape index (κ3) is 10.9. The van der Waals surface area contributed by atoms with Crippen molar-refractivity contribution in [2.24, 2.45) is 10.7 Å². The highest BCUT2D eigenvalue weighted by Crippen LogP contribution is 1.97. The van der Waals surface area contributed by atoms with Crippen LogP contribution >= 0.6 is 0 Å². The first-order chi connectivity index (χ1) is 7.16. The zero-order chi connectivity index (χ0) is 11.5. The second kappa shape index (κ2) is 9.52. The lowest BCUT2D eigenvalue weighted by Crippen LogP contribution is -2.32. The van der Waals surface area contributed by atoms with Crippen molar-refractivity contribution in [1.29, 1.82) is 0 Å². The fraction of sp³-hybridized carbons (Fsp3) is 0.727. The summed E-state index contributed by atoms with van der Waals surface area (Å²) in [5, 5.41) is 11.6. The van der Waals surface area contributed by atoms with E-state index in [0.29, 0.717) is 12.5 Å². The highest BCUT2D eigenvalue weighted by Gasteiger charge is 1.92. The van der Waals surface area contributed by atoms with Gasteiger partial charge in [0.1, 0.15) is 0 Å². The molecule has 0 saturated carbocycles. The van der Waals surface area contributed by atoms with Crippen LogP contribution in [0.3, 0.4) is 0 Å². The van der Waals surface area contributed by atoms with Gasteiger partial charge in [-0.05, 0) is 19.8 Å². The summed E-state index contributed by atoms with van der Waals surface area (Å²) in [6.45, 7) is 7.38. The van der Waals surface area contributed by atoms with Gasteiger partial charge in [-0.25, -0.2) is 4.99 Å². The minimum atomic E-state index is 0.287. The van der Waals surface area contributed by atoms with Gasteiger partial charge in [-0.15, -0.1) is 0 Å². The summed E-state index contributed by atoms with van der Waals surface area (Å²) in [5.41, 5.74) is 6.62. The number of hydrogen-bond donors (Lipinski definition) is 3. The quantitative estimate of drug-likeness (QED) is 0.244. The molecule has 0 unspecified atom stereocenters. The van der Waals surface area contributed by atoms with Crippen molar-refractivity contribution in [3.05, 3.63) is 12.2 Å². The Kier molecular flexibility index (Phi) is 8.87. The lowest BCUT2D eigenvalue weighted by atomic mass is 10.2. The number of guanidine groups is 1. The van der Waals surface area contributed by atoms with E-state index in [-0.39, 0.29) is 6.61 Å². The number of aliphatic hydroxyl groups is 1. The van der Waals surface area contributed by atoms with E-state index in [0.717, 1.165) is 37.8 Å². The number of hydrogen-bond acceptors (Lipinski definition) is 2. The molecule has 4 N–H and O–H groups in total. The molecule has 0 heterocycles. The molecule has 0 spiro atoms. The number of nitrogens with one attached hydrogen (secondary N) is 1. The molecule has 0 atom stereocenters. The monoisotopic (exact) mass is 213 g/mol. The summed E-state index contributed by atoms with van der Waals surface area (Å²) >= 11 is 0. The minimum absolute atomic E-state index is 0.287. The van der Waals surface area contributed by atoms with Crippen LogP contribution < -0.4 is 11.1 Å². The molecule has 0 radical (unpaired) electrons. The molecule has 4 nitrogen and oxygen atoms in total. The van der Waals surface area contributed by atoms with Gasteiger partial charge in [0.25, 0.3) is 0 Å². The Morgan fingerprint density at radius 1 is 1.33 bits per heavy atom. The molecule has 0 aromatic rings. The summed E-state index contributed by atoms with van der Waals surface area (Å²) in [6.07, 6.45) is 4.13. The van der Waals surface area contributed by atoms with Crippen LogP contribution in [0.4, 0.5) is 0 Å². The standard InChI is InChI=1S/C11H23N3O/c1-10(2)9-14-11(12)13-7-5-3-4-6-8-15/h15H,1,3-9H2,2H3,(H3,12,13,14). The van der Waals surface area contributed by atoms with Crippen LogP contribution in [0.15, 0.2) is 17.1 Å². The molecule has 4 heteroatoms. The highest BCUT2D eigenvalue weighted by atomic mass is 16.2. The fourth-order valence-electron chi connectivity index (χ4n) is 1.08. The maximum absolute atomic E-state index is 8.57. The third-order valence-electron chi connectivity index (χ3n) is 1.91. The topological polar surface area (TPSA) is 70.6 Å². The van der Waals surface area contributed by atoms with Crippen molar-refractivity contribution in [2.75, 3.05) is 19.7 Å². The van der Waals surface area contributed by atoms with E-state index in [4.69, 9.17) is 10.8 Å². The molecular weight excluding hydrogens is 190 g/mol. The molecule has 0 saturated heterocycles. The summed E-state index contributed by atoms with van der Waals surface area (Å²) < 4.78 is 0. The third-order valence-corrected chi connectivity index (χ3v) is 1.91. The van der Waals surface area contributed by atoms with E-state index in [1.807, 2.05) is 6.92 Å². The average molecular weight is 213 g/mol. The Bertz CT molecular complexity index is 202. The van der Waals surface area contributed by atoms with Gasteiger partial charge in [-0.3, -0.25) is 0 Å². The molecule has 15 heavy (non-hydrogen) atoms. The van der Waals surface area contributed by atoms with Gasteiger partial charge in [0.15, 0.2) is 5.96 Å². The summed E-state index contributed by atoms with van der Waals surface area (Å²) in [5.74, 6) is 0.486. The number of aliphatic imine (C=N–C) groups is 1. The molecular formula is C11H23N3O. The minimum Gasteiger partial charge on any atom is -0.396 e. The number of nitrogens with zero attached hydrogens (tertiary/aromatic N) is 1. The average Bonchev–Trinajstić information content (AvgIpc) is 2.20. The zero-order valence-electron chi connectivity index (χ0n) is 9.63. The van der Waals surface area contributed by atoms with Crippen LogP contribution in [0, 0.1) is 0 Å². The van der Waals surface area contributed by atoms with E-state index >= 15 is 0 Å². The number of unbranched alkanes of at least 4 members (excludes halogenated alkanes) is 3. The van der Waals surface area contributed by atoms with E-state index in [1.54, 1.807) is 0 Å². The number of rotatable bonds is 8. The maximum Gasteiger partial charge on any atom is 0.188 e. The second-order valence-corrected chi connectivity index (χ2v) is 3.72. The SMILES string of the molecule is C=C(C)CN=C(N)NCCCCCCO. The Hall–Kier alpha value is -1.03. The van der Waals surface area contributed by atoms with Gasteiger partial charge < -0.3 is 16.2 Å². The highest BCUT2D eigenvalue weighted by molar-refractivity contribution is 5.77. The van der Waals surface area contributed by atoms with Crippen LogP contribution in [0.5, 0.6) is 0 Å². The molecule has 0 fully saturated rings. The molecule has 0 aliphatic rings. The van der Waals surface area contributed by atoms with Crippen LogP contribution in [0.1, 0.15) is 32.6 Å². The smallest absolute Gasteiger partial charge is 0.188 e. The van der Waals surface area contributed by atoms with Crippen molar-refractivity contribution in [3.8, 4) is 0 Å². The Morgan fingerprint density at radius 3 is 2.60 bits per heavy atom. The van der Waals surface area contributed by atoms with Gasteiger partial charge in [-0.2, -0.15) is 0 Å². The van der Waals surface area contributed by atoms with Crippen molar-refractivity contribution in [2.45, 2.75) is 32.6 Å². The van der Waals surface area contributed by atoms with E-state index in [9.17, 15) is 0 Å². The van der Waals surface area contributed by atoms with Gasteiger partial charge >= 0.3 is 0 Å². The molecule has 0 aromatic carbocycles. The molecule has 0 rings (SSSR count). The fourth-order valence-corrected chi connectivity index (χ4v) is 1.08. The molecule has 0 bridgehead atoms. The first-order valence-corrected chi connectivity index (χ1v) is 5.46. The Balaban J connectivity index is 3.34. The van der Waals surface area contributed by atoms with Gasteiger partial charge in [0.2, 0.25) is 0 Å².